The molecular weight excluding hydrogens is 356 g/mol. The number of carbonyl (C=O) groups is 3. The molecule has 1 atom stereocenters. The van der Waals surface area contributed by atoms with Crippen LogP contribution in [0.2, 0.25) is 5.02 Å². The number of ketones is 1. The van der Waals surface area contributed by atoms with E-state index in [0.29, 0.717) is 22.0 Å². The maximum Gasteiger partial charge on any atom is 0.295 e. The number of hydrogen-bond acceptors (Lipinski definition) is 4. The van der Waals surface area contributed by atoms with Crippen molar-refractivity contribution in [2.45, 2.75) is 5.92 Å². The van der Waals surface area contributed by atoms with Crippen LogP contribution in [0.25, 0.3) is 0 Å². The van der Waals surface area contributed by atoms with Gasteiger partial charge < -0.3 is 15.0 Å². The first-order valence-electron chi connectivity index (χ1n) is 8.06. The third kappa shape index (κ3) is 3.41. The lowest BCUT2D eigenvalue weighted by molar-refractivity contribution is -0.140. The van der Waals surface area contributed by atoms with Crippen LogP contribution in [0.15, 0.2) is 48.5 Å². The summed E-state index contributed by atoms with van der Waals surface area (Å²) in [5, 5.41) is 3.13. The lowest BCUT2D eigenvalue weighted by atomic mass is 9.88. The average molecular weight is 373 g/mol. The van der Waals surface area contributed by atoms with E-state index in [1.165, 1.54) is 11.9 Å². The lowest BCUT2D eigenvalue weighted by Gasteiger charge is -2.29. The highest BCUT2D eigenvalue weighted by atomic mass is 35.5. The molecular formula is C19H17ClN2O4. The van der Waals surface area contributed by atoms with Gasteiger partial charge >= 0.3 is 0 Å². The Morgan fingerprint density at radius 2 is 1.85 bits per heavy atom. The number of fused-ring (bicyclic) bond motifs is 1. The summed E-state index contributed by atoms with van der Waals surface area (Å²) in [6.07, 6.45) is 0. The number of Topliss-reactive ketones (excluding diaryl/α,β-unsaturated/α-hetero) is 1. The number of carbonyl (C=O) groups excluding carboxylic acids is 3. The van der Waals surface area contributed by atoms with Gasteiger partial charge in [-0.3, -0.25) is 14.4 Å². The summed E-state index contributed by atoms with van der Waals surface area (Å²) in [5.74, 6) is -2.59. The highest BCUT2D eigenvalue weighted by molar-refractivity contribution is 6.48. The lowest BCUT2D eigenvalue weighted by Crippen LogP contribution is -2.47. The van der Waals surface area contributed by atoms with Gasteiger partial charge in [0.2, 0.25) is 11.7 Å². The molecule has 0 fully saturated rings. The second-order valence-electron chi connectivity index (χ2n) is 5.79. The number of nitrogens with zero attached hydrogens (tertiary/aromatic N) is 1. The number of likely N-dealkylation sites (N-methyl/N-ethyl adjacent to an activating group) is 1. The van der Waals surface area contributed by atoms with E-state index in [1.54, 1.807) is 48.5 Å². The van der Waals surface area contributed by atoms with Crippen molar-refractivity contribution in [1.82, 2.24) is 5.32 Å². The number of nitrogens with one attached hydrogen (secondary N) is 1. The van der Waals surface area contributed by atoms with E-state index in [0.717, 1.165) is 0 Å². The van der Waals surface area contributed by atoms with Crippen molar-refractivity contribution in [2.75, 3.05) is 25.1 Å². The summed E-state index contributed by atoms with van der Waals surface area (Å²) in [6.45, 7) is 0.367. The molecule has 0 aromatic heterocycles. The minimum Gasteiger partial charge on any atom is -0.490 e. The fourth-order valence-electron chi connectivity index (χ4n) is 2.84. The first kappa shape index (κ1) is 17.9. The zero-order chi connectivity index (χ0) is 18.7. The molecule has 0 saturated heterocycles. The molecule has 0 bridgehead atoms. The van der Waals surface area contributed by atoms with Gasteiger partial charge in [-0.05, 0) is 23.8 Å². The number of halogens is 1. The topological polar surface area (TPSA) is 75.7 Å². The quantitative estimate of drug-likeness (QED) is 0.496. The molecule has 0 spiro atoms. The van der Waals surface area contributed by atoms with Gasteiger partial charge in [0.1, 0.15) is 18.3 Å². The number of anilines is 1. The van der Waals surface area contributed by atoms with Crippen molar-refractivity contribution in [2.24, 2.45) is 0 Å². The molecule has 0 saturated carbocycles. The zero-order valence-corrected chi connectivity index (χ0v) is 14.8. The standard InChI is InChI=1S/C19H17ClN2O4/c1-22-14-8-4-2-6-12(14)16(17(23)19(22)25)18(24)21-10-11-26-15-9-5-3-7-13(15)20/h2-9,16H,10-11H2,1H3,(H,21,24). The molecule has 2 amide bonds. The van der Waals surface area contributed by atoms with Crippen LogP contribution in [-0.4, -0.2) is 37.8 Å². The van der Waals surface area contributed by atoms with E-state index in [-0.39, 0.29) is 13.2 Å². The van der Waals surface area contributed by atoms with E-state index < -0.39 is 23.5 Å². The Balaban J connectivity index is 1.66. The molecule has 134 valence electrons. The monoisotopic (exact) mass is 372 g/mol. The number of para-hydroxylation sites is 2. The second-order valence-corrected chi connectivity index (χ2v) is 6.20. The maximum atomic E-state index is 12.5. The molecule has 2 aromatic carbocycles. The van der Waals surface area contributed by atoms with E-state index in [9.17, 15) is 14.4 Å². The second kappa shape index (κ2) is 7.58. The minimum atomic E-state index is -1.14. The van der Waals surface area contributed by atoms with Gasteiger partial charge in [0.15, 0.2) is 0 Å². The molecule has 3 rings (SSSR count). The Labute approximate surface area is 155 Å². The molecule has 1 heterocycles. The van der Waals surface area contributed by atoms with Gasteiger partial charge in [0.05, 0.1) is 11.6 Å². The van der Waals surface area contributed by atoms with Gasteiger partial charge in [0.25, 0.3) is 5.91 Å². The Bertz CT molecular complexity index is 868. The fourth-order valence-corrected chi connectivity index (χ4v) is 3.03. The van der Waals surface area contributed by atoms with Crippen LogP contribution >= 0.6 is 11.6 Å². The van der Waals surface area contributed by atoms with Gasteiger partial charge in [-0.15, -0.1) is 0 Å². The maximum absolute atomic E-state index is 12.5. The molecule has 0 radical (unpaired) electrons. The Morgan fingerprint density at radius 3 is 2.62 bits per heavy atom. The van der Waals surface area contributed by atoms with E-state index in [1.807, 2.05) is 0 Å². The molecule has 1 unspecified atom stereocenters. The number of benzene rings is 2. The van der Waals surface area contributed by atoms with Crippen LogP contribution in [0, 0.1) is 0 Å². The Hall–Kier alpha value is -2.86. The first-order valence-corrected chi connectivity index (χ1v) is 8.44. The molecule has 26 heavy (non-hydrogen) atoms. The molecule has 2 aromatic rings. The van der Waals surface area contributed by atoms with Crippen molar-refractivity contribution in [3.05, 3.63) is 59.1 Å². The normalized spacial score (nSPS) is 16.2. The average Bonchev–Trinajstić information content (AvgIpc) is 2.65. The summed E-state index contributed by atoms with van der Waals surface area (Å²) in [6, 6.07) is 13.9. The highest BCUT2D eigenvalue weighted by Gasteiger charge is 2.41. The van der Waals surface area contributed by atoms with Gasteiger partial charge in [0, 0.05) is 12.7 Å². The minimum absolute atomic E-state index is 0.181. The summed E-state index contributed by atoms with van der Waals surface area (Å²) >= 11 is 5.99. The van der Waals surface area contributed by atoms with E-state index in [4.69, 9.17) is 16.3 Å². The third-order valence-electron chi connectivity index (χ3n) is 4.14. The molecule has 0 aliphatic carbocycles. The van der Waals surface area contributed by atoms with E-state index >= 15 is 0 Å². The predicted molar refractivity (Wildman–Crippen MR) is 97.6 cm³/mol. The van der Waals surface area contributed by atoms with Crippen molar-refractivity contribution in [3.63, 3.8) is 0 Å². The summed E-state index contributed by atoms with van der Waals surface area (Å²) in [7, 11) is 1.52. The summed E-state index contributed by atoms with van der Waals surface area (Å²) in [5.41, 5.74) is 1.08. The van der Waals surface area contributed by atoms with Gasteiger partial charge in [-0.25, -0.2) is 0 Å². The van der Waals surface area contributed by atoms with Crippen molar-refractivity contribution in [3.8, 4) is 5.75 Å². The Morgan fingerprint density at radius 1 is 1.15 bits per heavy atom. The number of ether oxygens (including phenoxy) is 1. The van der Waals surface area contributed by atoms with Gasteiger partial charge in [-0.1, -0.05) is 41.9 Å². The first-order chi connectivity index (χ1) is 12.5. The van der Waals surface area contributed by atoms with Crippen LogP contribution in [0.3, 0.4) is 0 Å². The highest BCUT2D eigenvalue weighted by Crippen LogP contribution is 2.33. The Kier molecular flexibility index (Phi) is 5.23. The number of rotatable bonds is 5. The zero-order valence-electron chi connectivity index (χ0n) is 14.1. The SMILES string of the molecule is CN1C(=O)C(=O)C(C(=O)NCCOc2ccccc2Cl)c2ccccc21. The van der Waals surface area contributed by atoms with Crippen molar-refractivity contribution >= 4 is 34.9 Å². The van der Waals surface area contributed by atoms with Crippen LogP contribution in [0.5, 0.6) is 5.75 Å². The summed E-state index contributed by atoms with van der Waals surface area (Å²) < 4.78 is 5.50. The fraction of sp³-hybridized carbons (Fsp3) is 0.211. The van der Waals surface area contributed by atoms with Crippen molar-refractivity contribution in [1.29, 1.82) is 0 Å². The molecule has 6 nitrogen and oxygen atoms in total. The van der Waals surface area contributed by atoms with Gasteiger partial charge in [-0.2, -0.15) is 0 Å². The van der Waals surface area contributed by atoms with Crippen LogP contribution in [0.1, 0.15) is 11.5 Å². The predicted octanol–water partition coefficient (Wildman–Crippen LogP) is 2.16. The van der Waals surface area contributed by atoms with Crippen molar-refractivity contribution < 1.29 is 19.1 Å². The smallest absolute Gasteiger partial charge is 0.295 e. The van der Waals surface area contributed by atoms with Crippen LogP contribution in [0.4, 0.5) is 5.69 Å². The molecule has 1 aliphatic heterocycles. The largest absolute Gasteiger partial charge is 0.490 e. The molecule has 1 N–H and O–H groups in total. The van der Waals surface area contributed by atoms with Crippen LogP contribution < -0.4 is 15.0 Å². The van der Waals surface area contributed by atoms with E-state index in [2.05, 4.69) is 5.32 Å². The van der Waals surface area contributed by atoms with Crippen LogP contribution in [-0.2, 0) is 14.4 Å². The summed E-state index contributed by atoms with van der Waals surface area (Å²) in [4.78, 5) is 38.2. The molecule has 1 aliphatic rings. The molecule has 7 heteroatoms. The number of amides is 2. The third-order valence-corrected chi connectivity index (χ3v) is 4.46. The number of hydrogen-bond donors (Lipinski definition) is 1.